The molecule has 1 aliphatic rings. The predicted molar refractivity (Wildman–Crippen MR) is 81.0 cm³/mol. The Morgan fingerprint density at radius 1 is 1.43 bits per heavy atom. The highest BCUT2D eigenvalue weighted by atomic mass is 35.5. The van der Waals surface area contributed by atoms with Gasteiger partial charge in [0.2, 0.25) is 0 Å². The highest BCUT2D eigenvalue weighted by Crippen LogP contribution is 2.35. The average molecular weight is 308 g/mol. The lowest BCUT2D eigenvalue weighted by Crippen LogP contribution is -2.35. The van der Waals surface area contributed by atoms with E-state index in [1.54, 1.807) is 18.2 Å². The van der Waals surface area contributed by atoms with Crippen LogP contribution >= 0.6 is 11.6 Å². The maximum Gasteiger partial charge on any atom is 0.183 e. The molecule has 2 heterocycles. The van der Waals surface area contributed by atoms with E-state index in [2.05, 4.69) is 29.4 Å². The third-order valence-electron chi connectivity index (χ3n) is 3.74. The highest BCUT2D eigenvalue weighted by Gasteiger charge is 2.32. The number of rotatable bonds is 2. The average Bonchev–Trinajstić information content (AvgIpc) is 2.89. The van der Waals surface area contributed by atoms with E-state index >= 15 is 0 Å². The van der Waals surface area contributed by atoms with Gasteiger partial charge in [0.25, 0.3) is 0 Å². The first-order valence-corrected chi connectivity index (χ1v) is 7.31. The largest absolute Gasteiger partial charge is 0.399 e. The predicted octanol–water partition coefficient (Wildman–Crippen LogP) is 2.71. The molecular formula is C14H18ClN5O. The van der Waals surface area contributed by atoms with Crippen molar-refractivity contribution in [3.8, 4) is 11.4 Å². The Labute approximate surface area is 128 Å². The van der Waals surface area contributed by atoms with Crippen LogP contribution in [0.4, 0.5) is 5.69 Å². The molecule has 0 bridgehead atoms. The maximum atomic E-state index is 6.27. The number of tetrazole rings is 1. The molecule has 2 aromatic rings. The molecular weight excluding hydrogens is 290 g/mol. The van der Waals surface area contributed by atoms with Gasteiger partial charge in [0.1, 0.15) is 0 Å². The summed E-state index contributed by atoms with van der Waals surface area (Å²) in [5.41, 5.74) is 7.06. The van der Waals surface area contributed by atoms with Crippen LogP contribution in [0.25, 0.3) is 11.4 Å². The van der Waals surface area contributed by atoms with Crippen molar-refractivity contribution < 1.29 is 4.74 Å². The van der Waals surface area contributed by atoms with Gasteiger partial charge in [0.05, 0.1) is 16.7 Å². The van der Waals surface area contributed by atoms with Crippen molar-refractivity contribution in [2.75, 3.05) is 12.3 Å². The van der Waals surface area contributed by atoms with E-state index in [1.807, 2.05) is 4.68 Å². The van der Waals surface area contributed by atoms with E-state index in [4.69, 9.17) is 22.1 Å². The number of nitrogens with zero attached hydrogens (tertiary/aromatic N) is 4. The van der Waals surface area contributed by atoms with Crippen LogP contribution in [0.15, 0.2) is 18.2 Å². The summed E-state index contributed by atoms with van der Waals surface area (Å²) in [7, 11) is 0. The minimum absolute atomic E-state index is 0.175. The van der Waals surface area contributed by atoms with Gasteiger partial charge in [0, 0.05) is 17.9 Å². The first-order chi connectivity index (χ1) is 9.96. The van der Waals surface area contributed by atoms with Gasteiger partial charge < -0.3 is 10.5 Å². The molecule has 0 radical (unpaired) electrons. The Kier molecular flexibility index (Phi) is 3.59. The standard InChI is InChI=1S/C14H18ClN5O/c1-14(2)8-10(5-6-21-14)20-13(17-18-19-20)11-7-9(16)3-4-12(11)15/h3-4,7,10H,5-6,8,16H2,1-2H3. The van der Waals surface area contributed by atoms with Crippen LogP contribution in [0.5, 0.6) is 0 Å². The van der Waals surface area contributed by atoms with Gasteiger partial charge in [-0.05, 0) is 55.3 Å². The van der Waals surface area contributed by atoms with Crippen LogP contribution in [0.2, 0.25) is 5.02 Å². The molecule has 21 heavy (non-hydrogen) atoms. The van der Waals surface area contributed by atoms with Crippen LogP contribution in [0, 0.1) is 0 Å². The Hall–Kier alpha value is -1.66. The summed E-state index contributed by atoms with van der Waals surface area (Å²) < 4.78 is 7.59. The first kappa shape index (κ1) is 14.3. The molecule has 7 heteroatoms. The molecule has 0 amide bonds. The van der Waals surface area contributed by atoms with Gasteiger partial charge in [0.15, 0.2) is 5.82 Å². The van der Waals surface area contributed by atoms with Crippen molar-refractivity contribution in [2.24, 2.45) is 0 Å². The van der Waals surface area contributed by atoms with Gasteiger partial charge in [-0.3, -0.25) is 0 Å². The zero-order valence-corrected chi connectivity index (χ0v) is 12.8. The van der Waals surface area contributed by atoms with E-state index in [1.165, 1.54) is 0 Å². The Morgan fingerprint density at radius 2 is 2.24 bits per heavy atom. The molecule has 1 unspecified atom stereocenters. The Balaban J connectivity index is 1.99. The number of nitrogen functional groups attached to an aromatic ring is 1. The lowest BCUT2D eigenvalue weighted by molar-refractivity contribution is -0.0707. The Bertz CT molecular complexity index is 655. The molecule has 0 saturated carbocycles. The molecule has 1 saturated heterocycles. The summed E-state index contributed by atoms with van der Waals surface area (Å²) in [6.45, 7) is 4.86. The lowest BCUT2D eigenvalue weighted by atomic mass is 9.94. The van der Waals surface area contributed by atoms with Crippen LogP contribution in [-0.2, 0) is 4.74 Å². The number of halogens is 1. The van der Waals surface area contributed by atoms with Crippen LogP contribution in [0.1, 0.15) is 32.7 Å². The topological polar surface area (TPSA) is 78.9 Å². The Morgan fingerprint density at radius 3 is 3.00 bits per heavy atom. The quantitative estimate of drug-likeness (QED) is 0.863. The highest BCUT2D eigenvalue weighted by molar-refractivity contribution is 6.33. The van der Waals surface area contributed by atoms with E-state index in [0.29, 0.717) is 23.1 Å². The van der Waals surface area contributed by atoms with Crippen LogP contribution in [0.3, 0.4) is 0 Å². The van der Waals surface area contributed by atoms with Gasteiger partial charge in [-0.1, -0.05) is 11.6 Å². The van der Waals surface area contributed by atoms with Crippen LogP contribution in [-0.4, -0.2) is 32.4 Å². The molecule has 0 spiro atoms. The normalized spacial score (nSPS) is 21.4. The molecule has 3 rings (SSSR count). The van der Waals surface area contributed by atoms with Gasteiger partial charge in [-0.25, -0.2) is 4.68 Å². The molecule has 0 aliphatic carbocycles. The first-order valence-electron chi connectivity index (χ1n) is 6.93. The molecule has 1 aromatic carbocycles. The van der Waals surface area contributed by atoms with Crippen LogP contribution < -0.4 is 5.73 Å². The van der Waals surface area contributed by atoms with Crippen molar-refractivity contribution >= 4 is 17.3 Å². The number of hydrogen-bond acceptors (Lipinski definition) is 5. The molecule has 1 atom stereocenters. The number of hydrogen-bond donors (Lipinski definition) is 1. The molecule has 2 N–H and O–H groups in total. The fourth-order valence-electron chi connectivity index (χ4n) is 2.74. The molecule has 1 fully saturated rings. The fourth-order valence-corrected chi connectivity index (χ4v) is 2.94. The van der Waals surface area contributed by atoms with Crippen molar-refractivity contribution in [1.29, 1.82) is 0 Å². The van der Waals surface area contributed by atoms with Gasteiger partial charge >= 0.3 is 0 Å². The molecule has 1 aliphatic heterocycles. The number of aromatic nitrogens is 4. The van der Waals surface area contributed by atoms with E-state index in [9.17, 15) is 0 Å². The smallest absolute Gasteiger partial charge is 0.183 e. The summed E-state index contributed by atoms with van der Waals surface area (Å²) in [4.78, 5) is 0. The van der Waals surface area contributed by atoms with Crippen molar-refractivity contribution in [3.05, 3.63) is 23.2 Å². The molecule has 6 nitrogen and oxygen atoms in total. The third kappa shape index (κ3) is 2.87. The summed E-state index contributed by atoms with van der Waals surface area (Å²) in [5, 5.41) is 12.7. The number of nitrogens with two attached hydrogens (primary N) is 1. The third-order valence-corrected chi connectivity index (χ3v) is 4.07. The second kappa shape index (κ2) is 5.27. The number of anilines is 1. The summed E-state index contributed by atoms with van der Waals surface area (Å²) in [6.07, 6.45) is 1.73. The summed E-state index contributed by atoms with van der Waals surface area (Å²) >= 11 is 6.27. The SMILES string of the molecule is CC1(C)CC(n2nnnc2-c2cc(N)ccc2Cl)CCO1. The second-order valence-electron chi connectivity index (χ2n) is 5.94. The zero-order chi connectivity index (χ0) is 15.0. The minimum atomic E-state index is -0.175. The minimum Gasteiger partial charge on any atom is -0.399 e. The molecule has 112 valence electrons. The fraction of sp³-hybridized carbons (Fsp3) is 0.500. The van der Waals surface area contributed by atoms with E-state index in [0.717, 1.165) is 18.4 Å². The van der Waals surface area contributed by atoms with Gasteiger partial charge in [-0.2, -0.15) is 0 Å². The van der Waals surface area contributed by atoms with Crippen molar-refractivity contribution in [1.82, 2.24) is 20.2 Å². The lowest BCUT2D eigenvalue weighted by Gasteiger charge is -2.35. The summed E-state index contributed by atoms with van der Waals surface area (Å²) in [6, 6.07) is 5.52. The van der Waals surface area contributed by atoms with Crippen molar-refractivity contribution in [2.45, 2.75) is 38.3 Å². The van der Waals surface area contributed by atoms with E-state index < -0.39 is 0 Å². The number of ether oxygens (including phenoxy) is 1. The van der Waals surface area contributed by atoms with Crippen molar-refractivity contribution in [3.63, 3.8) is 0 Å². The monoisotopic (exact) mass is 307 g/mol. The van der Waals surface area contributed by atoms with E-state index in [-0.39, 0.29) is 11.6 Å². The maximum absolute atomic E-state index is 6.27. The summed E-state index contributed by atoms with van der Waals surface area (Å²) in [5.74, 6) is 0.648. The number of benzene rings is 1. The van der Waals surface area contributed by atoms with Gasteiger partial charge in [-0.15, -0.1) is 5.10 Å². The zero-order valence-electron chi connectivity index (χ0n) is 12.1. The molecule has 1 aromatic heterocycles. The second-order valence-corrected chi connectivity index (χ2v) is 6.35.